The highest BCUT2D eigenvalue weighted by atomic mass is 32.1. The molecule has 4 heteroatoms. The first-order valence-corrected chi connectivity index (χ1v) is 6.02. The Kier molecular flexibility index (Phi) is 4.73. The standard InChI is InChI=1S/C11H20N2OS/c1-11(2,14-3)10(13-12)7-6-9-5-4-8-15-9/h4-5,8,10,13H,6-7,12H2,1-3H3. The van der Waals surface area contributed by atoms with Crippen molar-refractivity contribution < 1.29 is 4.74 Å². The molecule has 0 fully saturated rings. The zero-order valence-corrected chi connectivity index (χ0v) is 10.4. The molecule has 1 unspecified atom stereocenters. The predicted octanol–water partition coefficient (Wildman–Crippen LogP) is 1.94. The Morgan fingerprint density at radius 3 is 2.80 bits per heavy atom. The largest absolute Gasteiger partial charge is 0.377 e. The molecule has 0 aromatic carbocycles. The van der Waals surface area contributed by atoms with Crippen LogP contribution in [0.5, 0.6) is 0 Å². The molecule has 0 saturated heterocycles. The molecule has 0 aliphatic heterocycles. The minimum atomic E-state index is -0.230. The fourth-order valence-corrected chi connectivity index (χ4v) is 2.24. The molecule has 86 valence electrons. The monoisotopic (exact) mass is 228 g/mol. The molecule has 0 aliphatic rings. The van der Waals surface area contributed by atoms with Crippen LogP contribution < -0.4 is 11.3 Å². The van der Waals surface area contributed by atoms with Crippen molar-refractivity contribution in [3.63, 3.8) is 0 Å². The average molecular weight is 228 g/mol. The molecule has 0 bridgehead atoms. The molecule has 0 saturated carbocycles. The molecule has 1 aromatic rings. The van der Waals surface area contributed by atoms with Gasteiger partial charge in [0, 0.05) is 18.0 Å². The van der Waals surface area contributed by atoms with Gasteiger partial charge in [0.1, 0.15) is 0 Å². The van der Waals surface area contributed by atoms with Gasteiger partial charge in [-0.3, -0.25) is 11.3 Å². The van der Waals surface area contributed by atoms with Gasteiger partial charge in [0.2, 0.25) is 0 Å². The number of nitrogens with one attached hydrogen (secondary N) is 1. The number of methoxy groups -OCH3 is 1. The maximum atomic E-state index is 5.55. The minimum absolute atomic E-state index is 0.171. The zero-order chi connectivity index (χ0) is 11.3. The number of ether oxygens (including phenoxy) is 1. The highest BCUT2D eigenvalue weighted by molar-refractivity contribution is 7.09. The molecule has 0 spiro atoms. The first-order chi connectivity index (χ1) is 7.10. The molecule has 0 amide bonds. The van der Waals surface area contributed by atoms with Gasteiger partial charge in [-0.25, -0.2) is 0 Å². The molecular formula is C11H20N2OS. The lowest BCUT2D eigenvalue weighted by Crippen LogP contribution is -2.51. The second-order valence-corrected chi connectivity index (χ2v) is 5.18. The number of aryl methyl sites for hydroxylation is 1. The van der Waals surface area contributed by atoms with Gasteiger partial charge in [-0.1, -0.05) is 6.07 Å². The minimum Gasteiger partial charge on any atom is -0.377 e. The quantitative estimate of drug-likeness (QED) is 0.578. The van der Waals surface area contributed by atoms with E-state index in [1.54, 1.807) is 18.4 Å². The van der Waals surface area contributed by atoms with Crippen molar-refractivity contribution in [2.45, 2.75) is 38.3 Å². The van der Waals surface area contributed by atoms with E-state index in [1.807, 2.05) is 13.8 Å². The van der Waals surface area contributed by atoms with Crippen molar-refractivity contribution >= 4 is 11.3 Å². The molecule has 3 N–H and O–H groups in total. The Hall–Kier alpha value is -0.420. The lowest BCUT2D eigenvalue weighted by molar-refractivity contribution is -0.0123. The van der Waals surface area contributed by atoms with Crippen LogP contribution in [0, 0.1) is 0 Å². The lowest BCUT2D eigenvalue weighted by atomic mass is 9.94. The summed E-state index contributed by atoms with van der Waals surface area (Å²) < 4.78 is 5.42. The fraction of sp³-hybridized carbons (Fsp3) is 0.636. The van der Waals surface area contributed by atoms with Crippen molar-refractivity contribution in [1.29, 1.82) is 0 Å². The van der Waals surface area contributed by atoms with Crippen LogP contribution >= 0.6 is 11.3 Å². The third-order valence-electron chi connectivity index (χ3n) is 2.83. The van der Waals surface area contributed by atoms with Gasteiger partial charge in [0.25, 0.3) is 0 Å². The van der Waals surface area contributed by atoms with Crippen molar-refractivity contribution in [3.8, 4) is 0 Å². The van der Waals surface area contributed by atoms with E-state index in [2.05, 4.69) is 22.9 Å². The van der Waals surface area contributed by atoms with Crippen molar-refractivity contribution in [1.82, 2.24) is 5.43 Å². The molecule has 0 aliphatic carbocycles. The zero-order valence-electron chi connectivity index (χ0n) is 9.62. The Bertz CT molecular complexity index is 272. The number of rotatable bonds is 6. The summed E-state index contributed by atoms with van der Waals surface area (Å²) in [6.07, 6.45) is 2.02. The Morgan fingerprint density at radius 2 is 2.33 bits per heavy atom. The summed E-state index contributed by atoms with van der Waals surface area (Å²) >= 11 is 1.78. The molecule has 15 heavy (non-hydrogen) atoms. The number of hydrazine groups is 1. The van der Waals surface area contributed by atoms with Crippen LogP contribution in [-0.2, 0) is 11.2 Å². The predicted molar refractivity (Wildman–Crippen MR) is 64.8 cm³/mol. The topological polar surface area (TPSA) is 47.3 Å². The molecule has 3 nitrogen and oxygen atoms in total. The third kappa shape index (κ3) is 3.57. The van der Waals surface area contributed by atoms with Crippen LogP contribution in [0.2, 0.25) is 0 Å². The van der Waals surface area contributed by atoms with Gasteiger partial charge >= 0.3 is 0 Å². The number of hydrogen-bond acceptors (Lipinski definition) is 4. The maximum Gasteiger partial charge on any atom is 0.0788 e. The molecule has 1 atom stereocenters. The van der Waals surface area contributed by atoms with E-state index in [4.69, 9.17) is 10.6 Å². The Labute approximate surface area is 95.6 Å². The van der Waals surface area contributed by atoms with E-state index in [1.165, 1.54) is 4.88 Å². The smallest absolute Gasteiger partial charge is 0.0788 e. The first kappa shape index (κ1) is 12.6. The summed E-state index contributed by atoms with van der Waals surface area (Å²) in [5.41, 5.74) is 2.61. The van der Waals surface area contributed by atoms with E-state index in [0.29, 0.717) is 0 Å². The van der Waals surface area contributed by atoms with Gasteiger partial charge < -0.3 is 4.74 Å². The highest BCUT2D eigenvalue weighted by Crippen LogP contribution is 2.19. The van der Waals surface area contributed by atoms with Crippen LogP contribution in [0.15, 0.2) is 17.5 Å². The average Bonchev–Trinajstić information content (AvgIpc) is 2.71. The van der Waals surface area contributed by atoms with Crippen LogP contribution in [0.25, 0.3) is 0 Å². The normalized spacial score (nSPS) is 14.1. The lowest BCUT2D eigenvalue weighted by Gasteiger charge is -2.32. The van der Waals surface area contributed by atoms with Crippen molar-refractivity contribution in [2.75, 3.05) is 7.11 Å². The second-order valence-electron chi connectivity index (χ2n) is 4.14. The second kappa shape index (κ2) is 5.61. The van der Waals surface area contributed by atoms with Gasteiger partial charge in [-0.05, 0) is 38.1 Å². The number of hydrogen-bond donors (Lipinski definition) is 2. The summed E-state index contributed by atoms with van der Waals surface area (Å²) in [4.78, 5) is 1.39. The molecule has 1 heterocycles. The van der Waals surface area contributed by atoms with E-state index in [0.717, 1.165) is 12.8 Å². The van der Waals surface area contributed by atoms with Crippen molar-refractivity contribution in [2.24, 2.45) is 5.84 Å². The summed E-state index contributed by atoms with van der Waals surface area (Å²) in [5, 5.41) is 2.10. The number of nitrogens with two attached hydrogens (primary N) is 1. The van der Waals surface area contributed by atoms with Gasteiger partial charge in [0.15, 0.2) is 0 Å². The molecule has 1 rings (SSSR count). The Morgan fingerprint density at radius 1 is 1.60 bits per heavy atom. The van der Waals surface area contributed by atoms with Crippen LogP contribution in [0.1, 0.15) is 25.1 Å². The van der Waals surface area contributed by atoms with Gasteiger partial charge in [-0.2, -0.15) is 0 Å². The van der Waals surface area contributed by atoms with E-state index >= 15 is 0 Å². The first-order valence-electron chi connectivity index (χ1n) is 5.14. The SMILES string of the molecule is COC(C)(C)C(CCc1cccs1)NN. The highest BCUT2D eigenvalue weighted by Gasteiger charge is 2.27. The molecule has 0 radical (unpaired) electrons. The van der Waals surface area contributed by atoms with E-state index < -0.39 is 0 Å². The van der Waals surface area contributed by atoms with Crippen LogP contribution in [-0.4, -0.2) is 18.8 Å². The van der Waals surface area contributed by atoms with Crippen LogP contribution in [0.3, 0.4) is 0 Å². The van der Waals surface area contributed by atoms with E-state index in [9.17, 15) is 0 Å². The summed E-state index contributed by atoms with van der Waals surface area (Å²) in [7, 11) is 1.72. The summed E-state index contributed by atoms with van der Waals surface area (Å²) in [6, 6.07) is 4.40. The third-order valence-corrected chi connectivity index (χ3v) is 3.76. The van der Waals surface area contributed by atoms with E-state index in [-0.39, 0.29) is 11.6 Å². The molecular weight excluding hydrogens is 208 g/mol. The number of thiophene rings is 1. The fourth-order valence-electron chi connectivity index (χ4n) is 1.52. The van der Waals surface area contributed by atoms with Crippen molar-refractivity contribution in [3.05, 3.63) is 22.4 Å². The maximum absolute atomic E-state index is 5.55. The summed E-state index contributed by atoms with van der Waals surface area (Å²) in [5.74, 6) is 5.55. The summed E-state index contributed by atoms with van der Waals surface area (Å²) in [6.45, 7) is 4.10. The van der Waals surface area contributed by atoms with Crippen LogP contribution in [0.4, 0.5) is 0 Å². The Balaban J connectivity index is 2.47. The molecule has 1 aromatic heterocycles. The van der Waals surface area contributed by atoms with Gasteiger partial charge in [-0.15, -0.1) is 11.3 Å². The van der Waals surface area contributed by atoms with Gasteiger partial charge in [0.05, 0.1) is 5.60 Å².